The summed E-state index contributed by atoms with van der Waals surface area (Å²) in [5.74, 6) is -0.329. The highest BCUT2D eigenvalue weighted by molar-refractivity contribution is 5.94. The molecule has 2 fully saturated rings. The molecule has 0 heterocycles. The molecule has 2 aliphatic rings. The SMILES string of the molecule is C=C1CCC[C@H]2[C@](C)(Cc3cc(C(=O)OC)c(O)c(OC)c3O)[C@@H](C)CC[C@]12C. The largest absolute Gasteiger partial charge is 0.504 e. The molecule has 3 rings (SSSR count). The first-order chi connectivity index (χ1) is 13.6. The van der Waals surface area contributed by atoms with Crippen molar-refractivity contribution in [1.29, 1.82) is 0 Å². The van der Waals surface area contributed by atoms with Gasteiger partial charge in [-0.25, -0.2) is 4.79 Å². The maximum Gasteiger partial charge on any atom is 0.341 e. The Kier molecular flexibility index (Phi) is 5.63. The first-order valence-corrected chi connectivity index (χ1v) is 10.5. The number of hydrogen-bond donors (Lipinski definition) is 2. The van der Waals surface area contributed by atoms with Crippen molar-refractivity contribution in [1.82, 2.24) is 0 Å². The minimum Gasteiger partial charge on any atom is -0.504 e. The second kappa shape index (κ2) is 7.58. The van der Waals surface area contributed by atoms with Crippen LogP contribution >= 0.6 is 0 Å². The van der Waals surface area contributed by atoms with Crippen LogP contribution in [0.5, 0.6) is 17.2 Å². The quantitative estimate of drug-likeness (QED) is 0.532. The number of phenols is 2. The Bertz CT molecular complexity index is 829. The van der Waals surface area contributed by atoms with E-state index in [1.807, 2.05) is 0 Å². The highest BCUT2D eigenvalue weighted by Crippen LogP contribution is 2.62. The number of methoxy groups -OCH3 is 2. The van der Waals surface area contributed by atoms with Crippen molar-refractivity contribution in [3.8, 4) is 17.2 Å². The lowest BCUT2D eigenvalue weighted by Crippen LogP contribution is -2.51. The molecule has 5 nitrogen and oxygen atoms in total. The van der Waals surface area contributed by atoms with Crippen molar-refractivity contribution in [2.24, 2.45) is 22.7 Å². The molecule has 1 aromatic rings. The predicted molar refractivity (Wildman–Crippen MR) is 112 cm³/mol. The van der Waals surface area contributed by atoms with E-state index < -0.39 is 11.7 Å². The fourth-order valence-corrected chi connectivity index (χ4v) is 5.96. The molecular formula is C24H34O5. The van der Waals surface area contributed by atoms with Gasteiger partial charge in [-0.2, -0.15) is 0 Å². The van der Waals surface area contributed by atoms with Crippen LogP contribution in [0.15, 0.2) is 18.2 Å². The van der Waals surface area contributed by atoms with Crippen LogP contribution < -0.4 is 4.74 Å². The third-order valence-electron chi connectivity index (χ3n) is 8.06. The molecule has 2 saturated carbocycles. The van der Waals surface area contributed by atoms with Gasteiger partial charge in [-0.3, -0.25) is 0 Å². The van der Waals surface area contributed by atoms with E-state index in [1.165, 1.54) is 19.8 Å². The molecule has 0 aliphatic heterocycles. The van der Waals surface area contributed by atoms with Crippen LogP contribution in [-0.2, 0) is 11.2 Å². The van der Waals surface area contributed by atoms with Gasteiger partial charge in [0.2, 0.25) is 5.75 Å². The van der Waals surface area contributed by atoms with Gasteiger partial charge in [-0.1, -0.05) is 32.9 Å². The van der Waals surface area contributed by atoms with Gasteiger partial charge in [0.15, 0.2) is 11.5 Å². The maximum absolute atomic E-state index is 12.2. The number of carbonyl (C=O) groups is 1. The highest BCUT2D eigenvalue weighted by Gasteiger charge is 2.54. The number of phenolic OH excluding ortho intramolecular Hbond substituents is 2. The summed E-state index contributed by atoms with van der Waals surface area (Å²) in [5.41, 5.74) is 1.98. The van der Waals surface area contributed by atoms with E-state index in [1.54, 1.807) is 6.07 Å². The van der Waals surface area contributed by atoms with Crippen LogP contribution in [0, 0.1) is 22.7 Å². The predicted octanol–water partition coefficient (Wildman–Crippen LogP) is 5.23. The molecule has 1 aromatic carbocycles. The number of ether oxygens (including phenoxy) is 2. The Morgan fingerprint density at radius 3 is 2.55 bits per heavy atom. The Labute approximate surface area is 173 Å². The highest BCUT2D eigenvalue weighted by atomic mass is 16.5. The Morgan fingerprint density at radius 1 is 1.24 bits per heavy atom. The van der Waals surface area contributed by atoms with Gasteiger partial charge in [0.05, 0.1) is 14.2 Å². The van der Waals surface area contributed by atoms with E-state index in [2.05, 4.69) is 27.4 Å². The third-order valence-corrected chi connectivity index (χ3v) is 8.06. The molecule has 29 heavy (non-hydrogen) atoms. The normalized spacial score (nSPS) is 31.8. The molecular weight excluding hydrogens is 368 g/mol. The summed E-state index contributed by atoms with van der Waals surface area (Å²) >= 11 is 0. The zero-order chi connectivity index (χ0) is 21.6. The number of carbonyl (C=O) groups excluding carboxylic acids is 1. The summed E-state index contributed by atoms with van der Waals surface area (Å²) in [6.07, 6.45) is 6.19. The smallest absolute Gasteiger partial charge is 0.341 e. The second-order valence-corrected chi connectivity index (χ2v) is 9.39. The van der Waals surface area contributed by atoms with Crippen molar-refractivity contribution >= 4 is 5.97 Å². The number of rotatable bonds is 4. The average molecular weight is 403 g/mol. The number of hydrogen-bond acceptors (Lipinski definition) is 5. The van der Waals surface area contributed by atoms with E-state index in [0.717, 1.165) is 32.1 Å². The van der Waals surface area contributed by atoms with E-state index in [4.69, 9.17) is 9.47 Å². The van der Waals surface area contributed by atoms with Crippen molar-refractivity contribution in [2.45, 2.75) is 59.3 Å². The lowest BCUT2D eigenvalue weighted by atomic mass is 9.46. The number of esters is 1. The van der Waals surface area contributed by atoms with Gasteiger partial charge < -0.3 is 19.7 Å². The van der Waals surface area contributed by atoms with Crippen LogP contribution in [0.2, 0.25) is 0 Å². The first kappa shape index (κ1) is 21.5. The lowest BCUT2D eigenvalue weighted by molar-refractivity contribution is -0.0491. The molecule has 0 bridgehead atoms. The topological polar surface area (TPSA) is 76.0 Å². The Morgan fingerprint density at radius 2 is 1.93 bits per heavy atom. The number of benzene rings is 1. The van der Waals surface area contributed by atoms with Gasteiger partial charge in [0.1, 0.15) is 5.56 Å². The molecule has 0 amide bonds. The number of allylic oxidation sites excluding steroid dienone is 1. The lowest BCUT2D eigenvalue weighted by Gasteiger charge is -2.59. The van der Waals surface area contributed by atoms with E-state index in [9.17, 15) is 15.0 Å². The van der Waals surface area contributed by atoms with Crippen LogP contribution in [0.25, 0.3) is 0 Å². The first-order valence-electron chi connectivity index (χ1n) is 10.5. The zero-order valence-electron chi connectivity index (χ0n) is 18.3. The zero-order valence-corrected chi connectivity index (χ0v) is 18.3. The molecule has 0 radical (unpaired) electrons. The summed E-state index contributed by atoms with van der Waals surface area (Å²) in [6.45, 7) is 11.3. The molecule has 5 heteroatoms. The average Bonchev–Trinajstić information content (AvgIpc) is 2.69. The molecule has 0 spiro atoms. The maximum atomic E-state index is 12.2. The summed E-state index contributed by atoms with van der Waals surface area (Å²) in [5, 5.41) is 21.2. The van der Waals surface area contributed by atoms with Crippen LogP contribution in [-0.4, -0.2) is 30.4 Å². The summed E-state index contributed by atoms with van der Waals surface area (Å²) in [6, 6.07) is 1.56. The van der Waals surface area contributed by atoms with E-state index >= 15 is 0 Å². The Balaban J connectivity index is 2.09. The van der Waals surface area contributed by atoms with Crippen molar-refractivity contribution < 1.29 is 24.5 Å². The van der Waals surface area contributed by atoms with Gasteiger partial charge in [-0.05, 0) is 72.8 Å². The van der Waals surface area contributed by atoms with Crippen LogP contribution in [0.4, 0.5) is 0 Å². The fourth-order valence-electron chi connectivity index (χ4n) is 5.96. The van der Waals surface area contributed by atoms with E-state index in [-0.39, 0.29) is 27.9 Å². The Hall–Kier alpha value is -2.17. The van der Waals surface area contributed by atoms with Gasteiger partial charge in [0.25, 0.3) is 0 Å². The summed E-state index contributed by atoms with van der Waals surface area (Å²) in [7, 11) is 2.64. The van der Waals surface area contributed by atoms with Gasteiger partial charge in [-0.15, -0.1) is 0 Å². The fraction of sp³-hybridized carbons (Fsp3) is 0.625. The summed E-state index contributed by atoms with van der Waals surface area (Å²) < 4.78 is 10.0. The standard InChI is InChI=1S/C24H34O5/c1-14-8-7-9-18-23(14,3)11-10-15(2)24(18,4)13-16-12-17(22(27)29-6)20(26)21(28-5)19(16)25/h12,15,18,25-26H,1,7-11,13H2,2-6H3/t15-,18+,23+,24+/m0/s1. The van der Waals surface area contributed by atoms with Crippen molar-refractivity contribution in [3.63, 3.8) is 0 Å². The molecule has 160 valence electrons. The third kappa shape index (κ3) is 3.28. The van der Waals surface area contributed by atoms with E-state index in [0.29, 0.717) is 23.8 Å². The molecule has 2 N–H and O–H groups in total. The molecule has 2 aliphatic carbocycles. The number of aromatic hydroxyl groups is 2. The van der Waals surface area contributed by atoms with Crippen molar-refractivity contribution in [2.75, 3.05) is 14.2 Å². The second-order valence-electron chi connectivity index (χ2n) is 9.39. The monoisotopic (exact) mass is 402 g/mol. The van der Waals surface area contributed by atoms with Gasteiger partial charge in [0, 0.05) is 0 Å². The molecule has 4 atom stereocenters. The van der Waals surface area contributed by atoms with Crippen molar-refractivity contribution in [3.05, 3.63) is 29.3 Å². The summed E-state index contributed by atoms with van der Waals surface area (Å²) in [4.78, 5) is 12.2. The minimum absolute atomic E-state index is 0.0139. The molecule has 0 saturated heterocycles. The van der Waals surface area contributed by atoms with Gasteiger partial charge >= 0.3 is 5.97 Å². The van der Waals surface area contributed by atoms with Crippen LogP contribution in [0.1, 0.15) is 68.8 Å². The number of fused-ring (bicyclic) bond motifs is 1. The minimum atomic E-state index is -0.653. The molecule has 0 unspecified atom stereocenters. The molecule has 0 aromatic heterocycles. The van der Waals surface area contributed by atoms with Crippen LogP contribution in [0.3, 0.4) is 0 Å².